The maximum atomic E-state index is 13.2. The fourth-order valence-electron chi connectivity index (χ4n) is 5.08. The standard InChI is InChI=1S/C36H44N8O7/c1-8-16-50-34(48)39-25-14-12-23(13-15-25)19-37-32(46)28-18-26(21-43(28)6)38-33(47)27-17-24(20-42(27)5)10-9-11-29(45)31-40-30(22-44(31)7)41-35(49)51-36(2,3)4/h8,12-15,17-18,20-22H,1,9-11,16,19H2,2-7H3,(H,37,46)(H,38,47)(H,39,48)(H,41,49). The Bertz CT molecular complexity index is 1910. The Balaban J connectivity index is 1.26. The number of hydrogen-bond donors (Lipinski definition) is 4. The number of imidazole rings is 1. The second-order valence-electron chi connectivity index (χ2n) is 12.9. The molecule has 270 valence electrons. The normalized spacial score (nSPS) is 11.0. The summed E-state index contributed by atoms with van der Waals surface area (Å²) in [5, 5.41) is 10.9. The predicted octanol–water partition coefficient (Wildman–Crippen LogP) is 5.57. The van der Waals surface area contributed by atoms with E-state index in [4.69, 9.17) is 9.47 Å². The molecule has 0 atom stereocenters. The molecule has 0 fully saturated rings. The first kappa shape index (κ1) is 37.7. The minimum Gasteiger partial charge on any atom is -0.445 e. The average molecular weight is 701 g/mol. The van der Waals surface area contributed by atoms with Crippen LogP contribution in [-0.2, 0) is 43.6 Å². The number of ether oxygens (including phenoxy) is 2. The van der Waals surface area contributed by atoms with E-state index < -0.39 is 17.8 Å². The quantitative estimate of drug-likeness (QED) is 0.0974. The van der Waals surface area contributed by atoms with Crippen LogP contribution in [0.15, 0.2) is 67.6 Å². The summed E-state index contributed by atoms with van der Waals surface area (Å²) in [5.41, 5.74) is 2.81. The molecular weight excluding hydrogens is 656 g/mol. The van der Waals surface area contributed by atoms with Gasteiger partial charge in [-0.25, -0.2) is 14.6 Å². The fourth-order valence-corrected chi connectivity index (χ4v) is 5.08. The number of aryl methyl sites for hydroxylation is 4. The molecule has 0 radical (unpaired) electrons. The molecule has 3 heterocycles. The highest BCUT2D eigenvalue weighted by atomic mass is 16.6. The van der Waals surface area contributed by atoms with Crippen LogP contribution in [0.4, 0.5) is 26.8 Å². The van der Waals surface area contributed by atoms with Gasteiger partial charge in [-0.3, -0.25) is 25.0 Å². The molecule has 0 bridgehead atoms. The molecule has 0 aliphatic carbocycles. The second kappa shape index (κ2) is 16.5. The van der Waals surface area contributed by atoms with Crippen molar-refractivity contribution in [3.8, 4) is 0 Å². The first-order valence-corrected chi connectivity index (χ1v) is 16.2. The molecule has 0 spiro atoms. The maximum Gasteiger partial charge on any atom is 0.413 e. The van der Waals surface area contributed by atoms with Crippen LogP contribution in [0.1, 0.15) is 76.3 Å². The van der Waals surface area contributed by atoms with Gasteiger partial charge in [0.15, 0.2) is 17.4 Å². The zero-order chi connectivity index (χ0) is 37.3. The summed E-state index contributed by atoms with van der Waals surface area (Å²) in [7, 11) is 5.15. The molecule has 15 nitrogen and oxygen atoms in total. The predicted molar refractivity (Wildman–Crippen MR) is 192 cm³/mol. The van der Waals surface area contributed by atoms with Crippen molar-refractivity contribution >= 4 is 47.0 Å². The summed E-state index contributed by atoms with van der Waals surface area (Å²) in [5.74, 6) is -0.414. The third kappa shape index (κ3) is 10.9. The average Bonchev–Trinajstić information content (AvgIpc) is 3.73. The van der Waals surface area contributed by atoms with Crippen molar-refractivity contribution in [3.05, 3.63) is 96.0 Å². The van der Waals surface area contributed by atoms with Crippen molar-refractivity contribution in [2.75, 3.05) is 22.6 Å². The Morgan fingerprint density at radius 3 is 2.18 bits per heavy atom. The van der Waals surface area contributed by atoms with Gasteiger partial charge in [-0.15, -0.1) is 0 Å². The number of benzene rings is 1. The Kier molecular flexibility index (Phi) is 12.2. The van der Waals surface area contributed by atoms with Crippen molar-refractivity contribution in [1.29, 1.82) is 0 Å². The molecule has 4 amide bonds. The molecule has 51 heavy (non-hydrogen) atoms. The van der Waals surface area contributed by atoms with Gasteiger partial charge in [-0.2, -0.15) is 0 Å². The summed E-state index contributed by atoms with van der Waals surface area (Å²) in [6.07, 6.45) is 6.57. The van der Waals surface area contributed by atoms with Gasteiger partial charge in [0.2, 0.25) is 0 Å². The van der Waals surface area contributed by atoms with Crippen molar-refractivity contribution in [2.24, 2.45) is 21.1 Å². The third-order valence-corrected chi connectivity index (χ3v) is 7.40. The van der Waals surface area contributed by atoms with Crippen LogP contribution >= 0.6 is 0 Å². The number of anilines is 3. The van der Waals surface area contributed by atoms with Crippen molar-refractivity contribution < 1.29 is 33.4 Å². The molecule has 4 N–H and O–H groups in total. The smallest absolute Gasteiger partial charge is 0.413 e. The molecular formula is C36H44N8O7. The molecule has 1 aromatic carbocycles. The van der Waals surface area contributed by atoms with Gasteiger partial charge in [0, 0.05) is 58.4 Å². The lowest BCUT2D eigenvalue weighted by atomic mass is 10.1. The minimum absolute atomic E-state index is 0.106. The summed E-state index contributed by atoms with van der Waals surface area (Å²) < 4.78 is 15.0. The van der Waals surface area contributed by atoms with Crippen molar-refractivity contribution in [3.63, 3.8) is 0 Å². The molecule has 4 rings (SSSR count). The van der Waals surface area contributed by atoms with Crippen LogP contribution in [0.2, 0.25) is 0 Å². The number of carbonyl (C=O) groups is 5. The molecule has 0 aliphatic rings. The molecule has 15 heteroatoms. The van der Waals surface area contributed by atoms with E-state index in [-0.39, 0.29) is 48.8 Å². The number of nitrogens with zero attached hydrogens (tertiary/aromatic N) is 4. The number of amides is 4. The highest BCUT2D eigenvalue weighted by Gasteiger charge is 2.20. The van der Waals surface area contributed by atoms with Crippen LogP contribution in [0.25, 0.3) is 0 Å². The molecule has 0 unspecified atom stereocenters. The van der Waals surface area contributed by atoms with Gasteiger partial charge in [-0.1, -0.05) is 24.8 Å². The zero-order valence-electron chi connectivity index (χ0n) is 29.7. The van der Waals surface area contributed by atoms with E-state index in [2.05, 4.69) is 32.8 Å². The van der Waals surface area contributed by atoms with Gasteiger partial charge >= 0.3 is 12.2 Å². The fraction of sp³-hybridized carbons (Fsp3) is 0.333. The number of rotatable bonds is 14. The summed E-state index contributed by atoms with van der Waals surface area (Å²) in [6, 6.07) is 10.3. The Morgan fingerprint density at radius 1 is 0.804 bits per heavy atom. The van der Waals surface area contributed by atoms with E-state index in [1.54, 1.807) is 104 Å². The van der Waals surface area contributed by atoms with Crippen molar-refractivity contribution in [1.82, 2.24) is 24.0 Å². The summed E-state index contributed by atoms with van der Waals surface area (Å²) >= 11 is 0. The van der Waals surface area contributed by atoms with E-state index in [9.17, 15) is 24.0 Å². The van der Waals surface area contributed by atoms with Crippen LogP contribution in [0.5, 0.6) is 0 Å². The van der Waals surface area contributed by atoms with Crippen LogP contribution in [0.3, 0.4) is 0 Å². The van der Waals surface area contributed by atoms with E-state index >= 15 is 0 Å². The number of aromatic nitrogens is 4. The van der Waals surface area contributed by atoms with Gasteiger partial charge in [-0.05, 0) is 69.0 Å². The van der Waals surface area contributed by atoms with E-state index in [0.29, 0.717) is 35.6 Å². The number of carbonyl (C=O) groups excluding carboxylic acids is 5. The number of ketones is 1. The highest BCUT2D eigenvalue weighted by Crippen LogP contribution is 2.18. The minimum atomic E-state index is -0.665. The van der Waals surface area contributed by atoms with E-state index in [1.165, 1.54) is 6.08 Å². The van der Waals surface area contributed by atoms with Crippen LogP contribution in [-0.4, -0.2) is 60.7 Å². The molecule has 4 aromatic rings. The molecule has 0 aliphatic heterocycles. The van der Waals surface area contributed by atoms with Gasteiger partial charge in [0.05, 0.1) is 5.69 Å². The first-order chi connectivity index (χ1) is 24.1. The largest absolute Gasteiger partial charge is 0.445 e. The van der Waals surface area contributed by atoms with Gasteiger partial charge in [0.1, 0.15) is 23.6 Å². The Morgan fingerprint density at radius 2 is 1.49 bits per heavy atom. The lowest BCUT2D eigenvalue weighted by molar-refractivity contribution is 0.0634. The number of Topliss-reactive ketones (excluding diaryl/α,β-unsaturated/α-hetero) is 1. The number of hydrogen-bond acceptors (Lipinski definition) is 8. The number of nitrogens with one attached hydrogen (secondary N) is 4. The topological polar surface area (TPSA) is 180 Å². The third-order valence-electron chi connectivity index (χ3n) is 7.40. The lowest BCUT2D eigenvalue weighted by Gasteiger charge is -2.18. The van der Waals surface area contributed by atoms with Crippen LogP contribution in [0, 0.1) is 0 Å². The maximum absolute atomic E-state index is 13.2. The molecule has 0 saturated carbocycles. The summed E-state index contributed by atoms with van der Waals surface area (Å²) in [6.45, 7) is 9.11. The van der Waals surface area contributed by atoms with Gasteiger partial charge < -0.3 is 33.8 Å². The SMILES string of the molecule is C=CCOC(=O)Nc1ccc(CNC(=O)c2cc(NC(=O)c3cc(CCCC(=O)c4nc(NC(=O)OC(C)(C)C)cn4C)cn3C)cn2C)cc1. The van der Waals surface area contributed by atoms with Crippen LogP contribution < -0.4 is 21.3 Å². The van der Waals surface area contributed by atoms with Gasteiger partial charge in [0.25, 0.3) is 11.8 Å². The Labute approximate surface area is 296 Å². The first-order valence-electron chi connectivity index (χ1n) is 16.2. The second-order valence-corrected chi connectivity index (χ2v) is 12.9. The molecule has 0 saturated heterocycles. The van der Waals surface area contributed by atoms with E-state index in [0.717, 1.165) is 11.1 Å². The van der Waals surface area contributed by atoms with Crippen molar-refractivity contribution in [2.45, 2.75) is 52.2 Å². The molecule has 3 aromatic heterocycles. The van der Waals surface area contributed by atoms with E-state index in [1.807, 2.05) is 6.20 Å². The zero-order valence-corrected chi connectivity index (χ0v) is 29.7. The summed E-state index contributed by atoms with van der Waals surface area (Å²) in [4.78, 5) is 67.0. The lowest BCUT2D eigenvalue weighted by Crippen LogP contribution is -2.27. The Hall–Kier alpha value is -6.12. The highest BCUT2D eigenvalue weighted by molar-refractivity contribution is 6.04. The monoisotopic (exact) mass is 700 g/mol.